The molecule has 3 amide bonds. The van der Waals surface area contributed by atoms with E-state index in [1.165, 1.54) is 7.11 Å². The van der Waals surface area contributed by atoms with Gasteiger partial charge in [-0.15, -0.1) is 0 Å². The number of likely N-dealkylation sites (N-methyl/N-ethyl adjacent to an activating group) is 2. The molecule has 0 aromatic rings. The van der Waals surface area contributed by atoms with Crippen LogP contribution in [0.15, 0.2) is 11.6 Å². The number of hydrogen-bond acceptors (Lipinski definition) is 6. The van der Waals surface area contributed by atoms with E-state index in [1.54, 1.807) is 23.8 Å². The lowest BCUT2D eigenvalue weighted by Crippen LogP contribution is -2.59. The molecule has 2 aliphatic heterocycles. The van der Waals surface area contributed by atoms with Crippen molar-refractivity contribution in [3.63, 3.8) is 0 Å². The number of hydrogen-bond donors (Lipinski definition) is 1. The average molecular weight is 521 g/mol. The van der Waals surface area contributed by atoms with Gasteiger partial charge in [0.1, 0.15) is 12.1 Å². The summed E-state index contributed by atoms with van der Waals surface area (Å²) in [5.41, 5.74) is -0.0255. The van der Waals surface area contributed by atoms with E-state index < -0.39 is 23.5 Å². The van der Waals surface area contributed by atoms with Gasteiger partial charge in [0.05, 0.1) is 19.2 Å². The van der Waals surface area contributed by atoms with Gasteiger partial charge in [0.25, 0.3) is 0 Å². The monoisotopic (exact) mass is 520 g/mol. The van der Waals surface area contributed by atoms with Crippen LogP contribution in [-0.2, 0) is 23.9 Å². The summed E-state index contributed by atoms with van der Waals surface area (Å²) < 4.78 is 4.88. The normalized spacial score (nSPS) is 23.0. The van der Waals surface area contributed by atoms with Crippen LogP contribution in [0.1, 0.15) is 73.6 Å². The highest BCUT2D eigenvalue weighted by atomic mass is 16.5. The highest BCUT2D eigenvalue weighted by Gasteiger charge is 2.40. The number of nitrogens with zero attached hydrogens (tertiary/aromatic N) is 3. The maximum Gasteiger partial charge on any atom is 0.328 e. The number of piperidine rings is 1. The second-order valence-electron chi connectivity index (χ2n) is 12.0. The molecule has 2 unspecified atom stereocenters. The summed E-state index contributed by atoms with van der Waals surface area (Å²) in [5, 5.41) is 3.06. The van der Waals surface area contributed by atoms with Crippen LogP contribution in [-0.4, -0.2) is 96.9 Å². The average Bonchev–Trinajstić information content (AvgIpc) is 3.33. The third-order valence-corrected chi connectivity index (χ3v) is 7.70. The molecule has 37 heavy (non-hydrogen) atoms. The lowest BCUT2D eigenvalue weighted by atomic mass is 9.84. The predicted molar refractivity (Wildman–Crippen MR) is 144 cm³/mol. The number of nitrogens with one attached hydrogen (secondary N) is 1. The quantitative estimate of drug-likeness (QED) is 0.390. The minimum atomic E-state index is -0.715. The molecule has 2 aliphatic rings. The first-order valence-electron chi connectivity index (χ1n) is 13.5. The van der Waals surface area contributed by atoms with E-state index in [0.29, 0.717) is 18.5 Å². The lowest BCUT2D eigenvalue weighted by molar-refractivity contribution is -0.149. The summed E-state index contributed by atoms with van der Waals surface area (Å²) in [7, 11) is 5.01. The van der Waals surface area contributed by atoms with Crippen LogP contribution >= 0.6 is 0 Å². The Morgan fingerprint density at radius 3 is 2.19 bits per heavy atom. The molecule has 210 valence electrons. The molecular weight excluding hydrogens is 472 g/mol. The summed E-state index contributed by atoms with van der Waals surface area (Å²) in [6.45, 7) is 12.9. The van der Waals surface area contributed by atoms with E-state index in [2.05, 4.69) is 10.2 Å². The fourth-order valence-electron chi connectivity index (χ4n) is 5.34. The van der Waals surface area contributed by atoms with Gasteiger partial charge in [0, 0.05) is 19.2 Å². The first kappa shape index (κ1) is 30.8. The van der Waals surface area contributed by atoms with Crippen LogP contribution in [0.5, 0.6) is 0 Å². The minimum absolute atomic E-state index is 0.0208. The maximum atomic E-state index is 13.8. The standard InChI is InChI=1S/C28H48N4O5/c1-18(2)22(17-19(3)25(34)32-16-12-14-21(32)27(36)37-9)31(8)26(35)23(28(4,5)6)29-24(33)20-13-10-11-15-30(20)7/h17-18,20-23H,10-16H2,1-9H3,(H,29,33)/t20?,21?,22-,23-/m1/s1. The fourth-order valence-corrected chi connectivity index (χ4v) is 5.34. The zero-order chi connectivity index (χ0) is 28.1. The van der Waals surface area contributed by atoms with Crippen molar-refractivity contribution in [3.05, 3.63) is 11.6 Å². The topological polar surface area (TPSA) is 99.3 Å². The number of likely N-dealkylation sites (tertiary alicyclic amines) is 2. The van der Waals surface area contributed by atoms with Gasteiger partial charge in [-0.1, -0.05) is 47.1 Å². The number of carbonyl (C=O) groups excluding carboxylic acids is 4. The van der Waals surface area contributed by atoms with E-state index in [-0.39, 0.29) is 35.7 Å². The molecule has 9 heteroatoms. The van der Waals surface area contributed by atoms with Crippen LogP contribution in [0, 0.1) is 11.3 Å². The lowest BCUT2D eigenvalue weighted by Gasteiger charge is -2.39. The van der Waals surface area contributed by atoms with Crippen molar-refractivity contribution >= 4 is 23.7 Å². The number of rotatable bonds is 8. The van der Waals surface area contributed by atoms with Crippen LogP contribution in [0.2, 0.25) is 0 Å². The Morgan fingerprint density at radius 1 is 1.03 bits per heavy atom. The van der Waals surface area contributed by atoms with Gasteiger partial charge >= 0.3 is 5.97 Å². The fraction of sp³-hybridized carbons (Fsp3) is 0.786. The molecule has 4 atom stereocenters. The molecule has 0 spiro atoms. The Morgan fingerprint density at radius 2 is 1.65 bits per heavy atom. The molecule has 0 aliphatic carbocycles. The summed E-state index contributed by atoms with van der Waals surface area (Å²) in [6.07, 6.45) is 5.99. The summed E-state index contributed by atoms with van der Waals surface area (Å²) >= 11 is 0. The van der Waals surface area contributed by atoms with Crippen molar-refractivity contribution in [3.8, 4) is 0 Å². The number of carbonyl (C=O) groups is 4. The van der Waals surface area contributed by atoms with Crippen molar-refractivity contribution < 1.29 is 23.9 Å². The van der Waals surface area contributed by atoms with Gasteiger partial charge in [0.2, 0.25) is 17.7 Å². The Balaban J connectivity index is 2.25. The van der Waals surface area contributed by atoms with Gasteiger partial charge in [-0.25, -0.2) is 4.79 Å². The molecular formula is C28H48N4O5. The van der Waals surface area contributed by atoms with Gasteiger partial charge in [-0.05, 0) is 57.5 Å². The van der Waals surface area contributed by atoms with E-state index in [4.69, 9.17) is 4.74 Å². The molecule has 0 radical (unpaired) electrons. The zero-order valence-electron chi connectivity index (χ0n) is 24.3. The molecule has 0 saturated carbocycles. The van der Waals surface area contributed by atoms with Gasteiger partial charge < -0.3 is 19.9 Å². The molecule has 0 bridgehead atoms. The first-order chi connectivity index (χ1) is 17.2. The number of esters is 1. The van der Waals surface area contributed by atoms with E-state index in [9.17, 15) is 19.2 Å². The largest absolute Gasteiger partial charge is 0.467 e. The third-order valence-electron chi connectivity index (χ3n) is 7.70. The maximum absolute atomic E-state index is 13.8. The molecule has 0 aromatic carbocycles. The zero-order valence-corrected chi connectivity index (χ0v) is 24.3. The van der Waals surface area contributed by atoms with Crippen molar-refractivity contribution in [2.24, 2.45) is 11.3 Å². The molecule has 2 fully saturated rings. The SMILES string of the molecule is COC(=O)C1CCCN1C(=O)C(C)=C[C@H](C(C)C)N(C)C(=O)[C@@H](NC(=O)C1CCCCN1C)C(C)(C)C. The Kier molecular flexibility index (Phi) is 10.7. The summed E-state index contributed by atoms with van der Waals surface area (Å²) in [5.74, 6) is -0.913. The minimum Gasteiger partial charge on any atom is -0.467 e. The highest BCUT2D eigenvalue weighted by Crippen LogP contribution is 2.26. The Hall–Kier alpha value is -2.42. The van der Waals surface area contributed by atoms with Crippen LogP contribution < -0.4 is 5.32 Å². The van der Waals surface area contributed by atoms with Crippen LogP contribution in [0.3, 0.4) is 0 Å². The van der Waals surface area contributed by atoms with Crippen molar-refractivity contribution in [1.82, 2.24) is 20.0 Å². The van der Waals surface area contributed by atoms with Crippen LogP contribution in [0.4, 0.5) is 0 Å². The second kappa shape index (κ2) is 12.9. The highest BCUT2D eigenvalue weighted by molar-refractivity contribution is 5.96. The van der Waals surface area contributed by atoms with E-state index in [1.807, 2.05) is 47.7 Å². The predicted octanol–water partition coefficient (Wildman–Crippen LogP) is 2.59. The molecule has 2 heterocycles. The molecule has 2 saturated heterocycles. The van der Waals surface area contributed by atoms with Gasteiger partial charge in [-0.2, -0.15) is 0 Å². The number of amides is 3. The first-order valence-corrected chi connectivity index (χ1v) is 13.5. The summed E-state index contributed by atoms with van der Waals surface area (Å²) in [4.78, 5) is 57.7. The molecule has 0 aromatic heterocycles. The van der Waals surface area contributed by atoms with Gasteiger partial charge in [0.15, 0.2) is 0 Å². The van der Waals surface area contributed by atoms with E-state index in [0.717, 1.165) is 32.2 Å². The van der Waals surface area contributed by atoms with Gasteiger partial charge in [-0.3, -0.25) is 19.3 Å². The van der Waals surface area contributed by atoms with Crippen molar-refractivity contribution in [1.29, 1.82) is 0 Å². The molecule has 1 N–H and O–H groups in total. The van der Waals surface area contributed by atoms with Crippen molar-refractivity contribution in [2.75, 3.05) is 34.3 Å². The van der Waals surface area contributed by atoms with E-state index >= 15 is 0 Å². The number of ether oxygens (including phenoxy) is 1. The van der Waals surface area contributed by atoms with Crippen LogP contribution in [0.25, 0.3) is 0 Å². The summed E-state index contributed by atoms with van der Waals surface area (Å²) in [6, 6.07) is -1.89. The smallest absolute Gasteiger partial charge is 0.328 e. The van der Waals surface area contributed by atoms with Crippen molar-refractivity contribution in [2.45, 2.75) is 97.8 Å². The molecule has 2 rings (SSSR count). The Labute approximate surface area is 222 Å². The Bertz CT molecular complexity index is 878. The number of methoxy groups -OCH3 is 1. The third kappa shape index (κ3) is 7.55. The second-order valence-corrected chi connectivity index (χ2v) is 12.0. The molecule has 9 nitrogen and oxygen atoms in total.